The number of rotatable bonds is 8. The Balaban J connectivity index is 2.46. The Morgan fingerprint density at radius 3 is 2.42 bits per heavy atom. The number of aliphatic carboxylic acids is 1. The van der Waals surface area contributed by atoms with Gasteiger partial charge in [0, 0.05) is 12.6 Å². The molecule has 1 aliphatic carbocycles. The van der Waals surface area contributed by atoms with Crippen molar-refractivity contribution in [1.29, 1.82) is 0 Å². The maximum Gasteiger partial charge on any atom is 0.313 e. The summed E-state index contributed by atoms with van der Waals surface area (Å²) in [5.41, 5.74) is 0. The van der Waals surface area contributed by atoms with Gasteiger partial charge in [0.15, 0.2) is 0 Å². The average Bonchev–Trinajstić information content (AvgIpc) is 2.82. The van der Waals surface area contributed by atoms with E-state index in [4.69, 9.17) is 5.11 Å². The van der Waals surface area contributed by atoms with Gasteiger partial charge < -0.3 is 10.0 Å². The summed E-state index contributed by atoms with van der Waals surface area (Å²) >= 11 is 1.20. The second-order valence-corrected chi connectivity index (χ2v) is 6.58. The molecule has 1 N–H and O–H groups in total. The van der Waals surface area contributed by atoms with E-state index in [0.29, 0.717) is 17.7 Å². The van der Waals surface area contributed by atoms with Crippen LogP contribution in [0.5, 0.6) is 0 Å². The quantitative estimate of drug-likeness (QED) is 0.745. The molecule has 0 atom stereocenters. The van der Waals surface area contributed by atoms with Gasteiger partial charge in [-0.2, -0.15) is 0 Å². The number of carboxylic acid groups (broad SMARTS) is 1. The molecule has 1 saturated carbocycles. The van der Waals surface area contributed by atoms with Crippen LogP contribution >= 0.6 is 11.8 Å². The molecule has 0 unspecified atom stereocenters. The molecular weight excluding hydrogens is 262 g/mol. The van der Waals surface area contributed by atoms with Crippen molar-refractivity contribution in [3.05, 3.63) is 0 Å². The van der Waals surface area contributed by atoms with Gasteiger partial charge in [-0.1, -0.05) is 26.7 Å². The van der Waals surface area contributed by atoms with Gasteiger partial charge in [-0.25, -0.2) is 0 Å². The van der Waals surface area contributed by atoms with Crippen LogP contribution in [0.2, 0.25) is 0 Å². The lowest BCUT2D eigenvalue weighted by Crippen LogP contribution is -2.41. The molecule has 0 aliphatic heterocycles. The zero-order valence-electron chi connectivity index (χ0n) is 11.9. The first-order chi connectivity index (χ1) is 9.00. The van der Waals surface area contributed by atoms with Crippen molar-refractivity contribution in [3.8, 4) is 0 Å². The fourth-order valence-corrected chi connectivity index (χ4v) is 3.05. The molecule has 0 spiro atoms. The van der Waals surface area contributed by atoms with Crippen molar-refractivity contribution >= 4 is 23.6 Å². The Hall–Kier alpha value is -0.710. The lowest BCUT2D eigenvalue weighted by molar-refractivity contribution is -0.133. The zero-order chi connectivity index (χ0) is 14.3. The smallest absolute Gasteiger partial charge is 0.313 e. The topological polar surface area (TPSA) is 57.6 Å². The molecular formula is C14H25NO3S. The molecule has 0 saturated heterocycles. The number of carbonyl (C=O) groups is 2. The summed E-state index contributed by atoms with van der Waals surface area (Å²) in [7, 11) is 0. The summed E-state index contributed by atoms with van der Waals surface area (Å²) in [6.45, 7) is 5.14. The van der Waals surface area contributed by atoms with Gasteiger partial charge >= 0.3 is 5.97 Å². The first kappa shape index (κ1) is 16.3. The van der Waals surface area contributed by atoms with Crippen molar-refractivity contribution in [2.75, 3.05) is 18.1 Å². The summed E-state index contributed by atoms with van der Waals surface area (Å²) in [6.07, 6.45) is 5.64. The Kier molecular flexibility index (Phi) is 7.28. The van der Waals surface area contributed by atoms with Crippen LogP contribution in [0.4, 0.5) is 0 Å². The molecule has 1 fully saturated rings. The predicted octanol–water partition coefficient (Wildman–Crippen LogP) is 2.62. The highest BCUT2D eigenvalue weighted by molar-refractivity contribution is 8.00. The highest BCUT2D eigenvalue weighted by Gasteiger charge is 2.26. The number of nitrogens with zero attached hydrogens (tertiary/aromatic N) is 1. The molecule has 0 bridgehead atoms. The van der Waals surface area contributed by atoms with Crippen LogP contribution in [-0.2, 0) is 9.59 Å². The molecule has 5 heteroatoms. The maximum absolute atomic E-state index is 12.2. The van der Waals surface area contributed by atoms with Crippen molar-refractivity contribution in [1.82, 2.24) is 4.90 Å². The van der Waals surface area contributed by atoms with E-state index in [0.717, 1.165) is 25.8 Å². The van der Waals surface area contributed by atoms with Crippen molar-refractivity contribution in [2.45, 2.75) is 52.0 Å². The minimum absolute atomic E-state index is 0.00836. The monoisotopic (exact) mass is 287 g/mol. The Labute approximate surface area is 119 Å². The highest BCUT2D eigenvalue weighted by atomic mass is 32.2. The Morgan fingerprint density at radius 2 is 1.89 bits per heavy atom. The van der Waals surface area contributed by atoms with Crippen LogP contribution < -0.4 is 0 Å². The number of hydrogen-bond donors (Lipinski definition) is 1. The van der Waals surface area contributed by atoms with Crippen LogP contribution in [-0.4, -0.2) is 46.0 Å². The molecule has 0 aromatic rings. The standard InChI is InChI=1S/C14H25NO3S/c1-11(2)7-8-15(12-5-3-4-6-12)13(16)9-19-10-14(17)18/h11-12H,3-10H2,1-2H3,(H,17,18). The van der Waals surface area contributed by atoms with Crippen LogP contribution in [0.1, 0.15) is 46.0 Å². The van der Waals surface area contributed by atoms with Gasteiger partial charge in [-0.15, -0.1) is 11.8 Å². The van der Waals surface area contributed by atoms with Gasteiger partial charge in [0.2, 0.25) is 5.91 Å². The van der Waals surface area contributed by atoms with E-state index < -0.39 is 5.97 Å². The van der Waals surface area contributed by atoms with Crippen molar-refractivity contribution in [3.63, 3.8) is 0 Å². The second kappa shape index (κ2) is 8.46. The van der Waals surface area contributed by atoms with Gasteiger partial charge in [-0.05, 0) is 25.2 Å². The first-order valence-corrected chi connectivity index (χ1v) is 8.25. The summed E-state index contributed by atoms with van der Waals surface area (Å²) in [5.74, 6) is 0.143. The lowest BCUT2D eigenvalue weighted by Gasteiger charge is -2.29. The van der Waals surface area contributed by atoms with E-state index in [-0.39, 0.29) is 11.7 Å². The number of amides is 1. The number of carbonyl (C=O) groups excluding carboxylic acids is 1. The van der Waals surface area contributed by atoms with Crippen LogP contribution in [0.25, 0.3) is 0 Å². The summed E-state index contributed by atoms with van der Waals surface area (Å²) in [5, 5.41) is 8.61. The minimum atomic E-state index is -0.854. The molecule has 4 nitrogen and oxygen atoms in total. The summed E-state index contributed by atoms with van der Waals surface area (Å²) in [6, 6.07) is 0.386. The predicted molar refractivity (Wildman–Crippen MR) is 78.4 cm³/mol. The second-order valence-electron chi connectivity index (χ2n) is 5.59. The van der Waals surface area contributed by atoms with E-state index in [9.17, 15) is 9.59 Å². The Bertz CT molecular complexity index is 301. The zero-order valence-corrected chi connectivity index (χ0v) is 12.7. The van der Waals surface area contributed by atoms with E-state index >= 15 is 0 Å². The van der Waals surface area contributed by atoms with E-state index in [1.165, 1.54) is 24.6 Å². The molecule has 110 valence electrons. The molecule has 0 aromatic heterocycles. The van der Waals surface area contributed by atoms with E-state index in [1.807, 2.05) is 4.90 Å². The van der Waals surface area contributed by atoms with Crippen LogP contribution in [0, 0.1) is 5.92 Å². The molecule has 1 amide bonds. The molecule has 1 aliphatic rings. The van der Waals surface area contributed by atoms with Gasteiger partial charge in [0.05, 0.1) is 11.5 Å². The normalized spacial score (nSPS) is 15.9. The van der Waals surface area contributed by atoms with Gasteiger partial charge in [0.25, 0.3) is 0 Å². The fourth-order valence-electron chi connectivity index (χ4n) is 2.43. The highest BCUT2D eigenvalue weighted by Crippen LogP contribution is 2.25. The van der Waals surface area contributed by atoms with Crippen LogP contribution in [0.3, 0.4) is 0 Å². The van der Waals surface area contributed by atoms with Gasteiger partial charge in [0.1, 0.15) is 0 Å². The maximum atomic E-state index is 12.2. The largest absolute Gasteiger partial charge is 0.481 e. The molecule has 0 heterocycles. The summed E-state index contributed by atoms with van der Waals surface area (Å²) in [4.78, 5) is 24.7. The number of carboxylic acids is 1. The van der Waals surface area contributed by atoms with Crippen molar-refractivity contribution < 1.29 is 14.7 Å². The van der Waals surface area contributed by atoms with Crippen molar-refractivity contribution in [2.24, 2.45) is 5.92 Å². The third kappa shape index (κ3) is 6.32. The molecule has 19 heavy (non-hydrogen) atoms. The summed E-state index contributed by atoms with van der Waals surface area (Å²) < 4.78 is 0. The number of hydrogen-bond acceptors (Lipinski definition) is 3. The molecule has 0 aromatic carbocycles. The third-order valence-electron chi connectivity index (χ3n) is 3.48. The van der Waals surface area contributed by atoms with E-state index in [2.05, 4.69) is 13.8 Å². The third-order valence-corrected chi connectivity index (χ3v) is 4.39. The SMILES string of the molecule is CC(C)CCN(C(=O)CSCC(=O)O)C1CCCC1. The lowest BCUT2D eigenvalue weighted by atomic mass is 10.1. The van der Waals surface area contributed by atoms with Gasteiger partial charge in [-0.3, -0.25) is 9.59 Å². The van der Waals surface area contributed by atoms with Crippen LogP contribution in [0.15, 0.2) is 0 Å². The first-order valence-electron chi connectivity index (χ1n) is 7.09. The van der Waals surface area contributed by atoms with E-state index in [1.54, 1.807) is 0 Å². The number of thioether (sulfide) groups is 1. The fraction of sp³-hybridized carbons (Fsp3) is 0.857. The molecule has 0 radical (unpaired) electrons. The Morgan fingerprint density at radius 1 is 1.26 bits per heavy atom. The minimum Gasteiger partial charge on any atom is -0.481 e. The molecule has 1 rings (SSSR count). The average molecular weight is 287 g/mol.